The molecule has 1 aliphatic rings. The van der Waals surface area contributed by atoms with Gasteiger partial charge in [0.1, 0.15) is 5.82 Å². The number of aliphatic imine (C=N–C) groups is 1. The predicted octanol–water partition coefficient (Wildman–Crippen LogP) is 2.76. The first-order valence-corrected chi connectivity index (χ1v) is 9.49. The highest BCUT2D eigenvalue weighted by Crippen LogP contribution is 2.18. The molecule has 2 atom stereocenters. The molecule has 1 aromatic carbocycles. The van der Waals surface area contributed by atoms with Gasteiger partial charge in [0.15, 0.2) is 5.96 Å². The Kier molecular flexibility index (Phi) is 7.85. The Balaban J connectivity index is 2.04. The van der Waals surface area contributed by atoms with E-state index in [1.807, 2.05) is 6.07 Å². The van der Waals surface area contributed by atoms with Crippen LogP contribution >= 0.6 is 0 Å². The van der Waals surface area contributed by atoms with Gasteiger partial charge in [-0.1, -0.05) is 13.0 Å². The summed E-state index contributed by atoms with van der Waals surface area (Å²) >= 11 is 0. The van der Waals surface area contributed by atoms with E-state index >= 15 is 0 Å². The summed E-state index contributed by atoms with van der Waals surface area (Å²) in [4.78, 5) is 7.18. The van der Waals surface area contributed by atoms with Crippen molar-refractivity contribution < 1.29 is 9.13 Å². The van der Waals surface area contributed by atoms with Gasteiger partial charge in [-0.25, -0.2) is 9.38 Å². The number of halogens is 1. The fraction of sp³-hybridized carbons (Fsp3) is 0.650. The quantitative estimate of drug-likeness (QED) is 0.577. The molecule has 2 rings (SSSR count). The van der Waals surface area contributed by atoms with Crippen molar-refractivity contribution in [3.63, 3.8) is 0 Å². The van der Waals surface area contributed by atoms with Crippen LogP contribution in [0.2, 0.25) is 0 Å². The van der Waals surface area contributed by atoms with Crippen molar-refractivity contribution in [1.29, 1.82) is 0 Å². The minimum absolute atomic E-state index is 0.238. The average Bonchev–Trinajstić information content (AvgIpc) is 2.97. The van der Waals surface area contributed by atoms with E-state index < -0.39 is 0 Å². The molecule has 6 heteroatoms. The van der Waals surface area contributed by atoms with Crippen LogP contribution in [0.4, 0.5) is 4.39 Å². The van der Waals surface area contributed by atoms with E-state index in [1.165, 1.54) is 6.07 Å². The molecule has 1 heterocycles. The van der Waals surface area contributed by atoms with Gasteiger partial charge in [-0.15, -0.1) is 0 Å². The maximum absolute atomic E-state index is 13.7. The van der Waals surface area contributed by atoms with Crippen molar-refractivity contribution in [3.8, 4) is 0 Å². The zero-order valence-corrected chi connectivity index (χ0v) is 16.7. The van der Waals surface area contributed by atoms with Crippen molar-refractivity contribution in [2.45, 2.75) is 52.9 Å². The molecule has 1 aromatic rings. The van der Waals surface area contributed by atoms with Crippen molar-refractivity contribution >= 4 is 5.96 Å². The summed E-state index contributed by atoms with van der Waals surface area (Å²) < 4.78 is 18.8. The fourth-order valence-corrected chi connectivity index (χ4v) is 3.27. The second-order valence-corrected chi connectivity index (χ2v) is 7.33. The molecule has 0 spiro atoms. The van der Waals surface area contributed by atoms with Gasteiger partial charge in [-0.05, 0) is 44.4 Å². The summed E-state index contributed by atoms with van der Waals surface area (Å²) in [7, 11) is 1.57. The minimum Gasteiger partial charge on any atom is -0.380 e. The lowest BCUT2D eigenvalue weighted by molar-refractivity contribution is 0.181. The largest absolute Gasteiger partial charge is 0.380 e. The summed E-state index contributed by atoms with van der Waals surface area (Å²) in [5.41, 5.74) is 1.54. The Morgan fingerprint density at radius 1 is 1.38 bits per heavy atom. The number of nitrogens with zero attached hydrogens (tertiary/aromatic N) is 2. The maximum Gasteiger partial charge on any atom is 0.191 e. The van der Waals surface area contributed by atoms with Gasteiger partial charge < -0.3 is 15.4 Å². The number of hydrogen-bond donors (Lipinski definition) is 2. The highest BCUT2D eigenvalue weighted by atomic mass is 19.1. The SMILES string of the molecule is CCNC(=NCc1ccc(F)c(COC)c1)NC1CN(C(C)C)CC1C. The third-order valence-electron chi connectivity index (χ3n) is 4.87. The number of rotatable bonds is 7. The first kappa shape index (κ1) is 20.6. The fourth-order valence-electron chi connectivity index (χ4n) is 3.27. The molecule has 26 heavy (non-hydrogen) atoms. The number of hydrogen-bond acceptors (Lipinski definition) is 3. The molecular formula is C20H33FN4O. The molecular weight excluding hydrogens is 331 g/mol. The normalized spacial score (nSPS) is 21.4. The molecule has 0 amide bonds. The third kappa shape index (κ3) is 5.68. The number of guanidine groups is 1. The molecule has 0 bridgehead atoms. The van der Waals surface area contributed by atoms with Crippen molar-refractivity contribution in [1.82, 2.24) is 15.5 Å². The van der Waals surface area contributed by atoms with Crippen LogP contribution in [-0.4, -0.2) is 49.7 Å². The van der Waals surface area contributed by atoms with E-state index in [1.54, 1.807) is 13.2 Å². The number of nitrogens with one attached hydrogen (secondary N) is 2. The summed E-state index contributed by atoms with van der Waals surface area (Å²) in [6.45, 7) is 12.5. The van der Waals surface area contributed by atoms with E-state index in [9.17, 15) is 4.39 Å². The van der Waals surface area contributed by atoms with Gasteiger partial charge in [-0.2, -0.15) is 0 Å². The van der Waals surface area contributed by atoms with Gasteiger partial charge in [0, 0.05) is 44.4 Å². The Bertz CT molecular complexity index is 605. The summed E-state index contributed by atoms with van der Waals surface area (Å²) in [6.07, 6.45) is 0. The number of ether oxygens (including phenoxy) is 1. The van der Waals surface area contributed by atoms with Crippen molar-refractivity contribution in [2.75, 3.05) is 26.7 Å². The monoisotopic (exact) mass is 364 g/mol. The maximum atomic E-state index is 13.7. The summed E-state index contributed by atoms with van der Waals surface area (Å²) in [6, 6.07) is 6.03. The highest BCUT2D eigenvalue weighted by Gasteiger charge is 2.31. The zero-order valence-electron chi connectivity index (χ0n) is 16.7. The highest BCUT2D eigenvalue weighted by molar-refractivity contribution is 5.80. The summed E-state index contributed by atoms with van der Waals surface area (Å²) in [5.74, 6) is 1.14. The van der Waals surface area contributed by atoms with Crippen molar-refractivity contribution in [2.24, 2.45) is 10.9 Å². The molecule has 0 radical (unpaired) electrons. The lowest BCUT2D eigenvalue weighted by atomic mass is 10.1. The lowest BCUT2D eigenvalue weighted by Crippen LogP contribution is -2.46. The molecule has 2 N–H and O–H groups in total. The second-order valence-electron chi connectivity index (χ2n) is 7.33. The molecule has 2 unspecified atom stereocenters. The molecule has 5 nitrogen and oxygen atoms in total. The average molecular weight is 365 g/mol. The van der Waals surface area contributed by atoms with Gasteiger partial charge in [0.2, 0.25) is 0 Å². The topological polar surface area (TPSA) is 48.9 Å². The van der Waals surface area contributed by atoms with Gasteiger partial charge in [0.05, 0.1) is 13.2 Å². The second kappa shape index (κ2) is 9.88. The predicted molar refractivity (Wildman–Crippen MR) is 105 cm³/mol. The molecule has 146 valence electrons. The zero-order chi connectivity index (χ0) is 19.1. The van der Waals surface area contributed by atoms with E-state index in [0.29, 0.717) is 30.1 Å². The number of benzene rings is 1. The van der Waals surface area contributed by atoms with Crippen molar-refractivity contribution in [3.05, 3.63) is 35.1 Å². The van der Waals surface area contributed by atoms with Crippen LogP contribution in [0.5, 0.6) is 0 Å². The van der Waals surface area contributed by atoms with E-state index in [2.05, 4.69) is 43.2 Å². The molecule has 1 fully saturated rings. The van der Waals surface area contributed by atoms with Crippen LogP contribution in [0.1, 0.15) is 38.8 Å². The third-order valence-corrected chi connectivity index (χ3v) is 4.87. The Labute approximate surface area is 157 Å². The Morgan fingerprint density at radius 3 is 2.77 bits per heavy atom. The molecule has 1 saturated heterocycles. The van der Waals surface area contributed by atoms with Crippen LogP contribution in [0.15, 0.2) is 23.2 Å². The smallest absolute Gasteiger partial charge is 0.191 e. The van der Waals surface area contributed by atoms with E-state index in [-0.39, 0.29) is 12.4 Å². The molecule has 0 saturated carbocycles. The number of likely N-dealkylation sites (tertiary alicyclic amines) is 1. The van der Waals surface area contributed by atoms with E-state index in [4.69, 9.17) is 9.73 Å². The van der Waals surface area contributed by atoms with Gasteiger partial charge in [0.25, 0.3) is 0 Å². The van der Waals surface area contributed by atoms with Crippen LogP contribution < -0.4 is 10.6 Å². The lowest BCUT2D eigenvalue weighted by Gasteiger charge is -2.22. The first-order valence-electron chi connectivity index (χ1n) is 9.49. The Hall–Kier alpha value is -1.66. The van der Waals surface area contributed by atoms with E-state index in [0.717, 1.165) is 31.2 Å². The van der Waals surface area contributed by atoms with Crippen LogP contribution in [0.3, 0.4) is 0 Å². The van der Waals surface area contributed by atoms with Gasteiger partial charge in [-0.3, -0.25) is 4.90 Å². The first-order chi connectivity index (χ1) is 12.4. The standard InChI is InChI=1S/C20H33FN4O/c1-6-22-20(24-19-12-25(14(2)3)11-15(19)4)23-10-16-7-8-18(21)17(9-16)13-26-5/h7-9,14-15,19H,6,10-13H2,1-5H3,(H2,22,23,24). The van der Waals surface area contributed by atoms with Gasteiger partial charge >= 0.3 is 0 Å². The van der Waals surface area contributed by atoms with Crippen LogP contribution in [0.25, 0.3) is 0 Å². The minimum atomic E-state index is -0.238. The summed E-state index contributed by atoms with van der Waals surface area (Å²) in [5, 5.41) is 6.89. The molecule has 1 aliphatic heterocycles. The Morgan fingerprint density at radius 2 is 2.15 bits per heavy atom. The van der Waals surface area contributed by atoms with Crippen LogP contribution in [-0.2, 0) is 17.9 Å². The molecule has 0 aromatic heterocycles. The van der Waals surface area contributed by atoms with Crippen LogP contribution in [0, 0.1) is 11.7 Å². The molecule has 0 aliphatic carbocycles. The number of methoxy groups -OCH3 is 1.